The highest BCUT2D eigenvalue weighted by Gasteiger charge is 2.56. The van der Waals surface area contributed by atoms with Crippen LogP contribution in [0.3, 0.4) is 0 Å². The van der Waals surface area contributed by atoms with Crippen LogP contribution in [-0.4, -0.2) is 25.5 Å². The summed E-state index contributed by atoms with van der Waals surface area (Å²) in [4.78, 5) is 0. The van der Waals surface area contributed by atoms with Gasteiger partial charge in [0.2, 0.25) is 0 Å². The molecule has 0 aliphatic carbocycles. The molecule has 1 fully saturated rings. The molecule has 1 aromatic rings. The largest absolute Gasteiger partial charge is 0.496 e. The summed E-state index contributed by atoms with van der Waals surface area (Å²) >= 11 is 0. The maximum Gasteiger partial charge on any atom is 0.417 e. The Morgan fingerprint density at radius 1 is 1.38 bits per heavy atom. The molecule has 0 N–H and O–H groups in total. The Kier molecular flexibility index (Phi) is 4.19. The fourth-order valence-electron chi connectivity index (χ4n) is 2.78. The first-order valence-electron chi connectivity index (χ1n) is 6.79. The molecule has 1 aromatic carbocycles. The SMILES string of the molecule is CCc1c(F)ccc([C@@H]2CO[C@](C)(C(F)(F)F)C2)c1OC. The lowest BCUT2D eigenvalue weighted by molar-refractivity contribution is -0.255. The predicted octanol–water partition coefficient (Wildman–Crippen LogP) is 4.22. The molecule has 0 aromatic heterocycles. The van der Waals surface area contributed by atoms with Crippen molar-refractivity contribution in [2.45, 2.75) is 44.4 Å². The van der Waals surface area contributed by atoms with Gasteiger partial charge in [0.15, 0.2) is 5.60 Å². The van der Waals surface area contributed by atoms with Gasteiger partial charge >= 0.3 is 6.18 Å². The van der Waals surface area contributed by atoms with Gasteiger partial charge in [0, 0.05) is 17.0 Å². The van der Waals surface area contributed by atoms with Crippen LogP contribution in [0.4, 0.5) is 17.6 Å². The van der Waals surface area contributed by atoms with Gasteiger partial charge in [-0.05, 0) is 25.8 Å². The average Bonchev–Trinajstić information content (AvgIpc) is 2.81. The standard InChI is InChI=1S/C15H18F4O2/c1-4-10-12(16)6-5-11(13(10)20-3)9-7-14(2,21-8-9)15(17,18)19/h5-6,9H,4,7-8H2,1-3H3/t9-,14-/m0/s1. The molecule has 0 spiro atoms. The predicted molar refractivity (Wildman–Crippen MR) is 70.1 cm³/mol. The summed E-state index contributed by atoms with van der Waals surface area (Å²) in [6.45, 7) is 2.76. The van der Waals surface area contributed by atoms with Crippen molar-refractivity contribution in [3.8, 4) is 5.75 Å². The van der Waals surface area contributed by atoms with E-state index in [2.05, 4.69) is 0 Å². The summed E-state index contributed by atoms with van der Waals surface area (Å²) in [5, 5.41) is 0. The Labute approximate surface area is 121 Å². The summed E-state index contributed by atoms with van der Waals surface area (Å²) in [6, 6.07) is 2.77. The minimum atomic E-state index is -4.43. The van der Waals surface area contributed by atoms with Crippen molar-refractivity contribution >= 4 is 0 Å². The van der Waals surface area contributed by atoms with Crippen molar-refractivity contribution in [2.24, 2.45) is 0 Å². The van der Waals surface area contributed by atoms with Crippen LogP contribution in [0.1, 0.15) is 37.3 Å². The van der Waals surface area contributed by atoms with E-state index < -0.39 is 23.5 Å². The average molecular weight is 306 g/mol. The van der Waals surface area contributed by atoms with E-state index in [4.69, 9.17) is 9.47 Å². The lowest BCUT2D eigenvalue weighted by Crippen LogP contribution is -2.41. The zero-order chi connectivity index (χ0) is 15.8. The number of benzene rings is 1. The lowest BCUT2D eigenvalue weighted by Gasteiger charge is -2.26. The van der Waals surface area contributed by atoms with Crippen molar-refractivity contribution in [1.82, 2.24) is 0 Å². The fourth-order valence-corrected chi connectivity index (χ4v) is 2.78. The van der Waals surface area contributed by atoms with E-state index in [1.54, 1.807) is 6.92 Å². The second-order valence-electron chi connectivity index (χ2n) is 5.44. The van der Waals surface area contributed by atoms with Gasteiger partial charge in [-0.1, -0.05) is 13.0 Å². The number of alkyl halides is 3. The molecular formula is C15H18F4O2. The molecule has 1 aliphatic heterocycles. The van der Waals surface area contributed by atoms with Gasteiger partial charge in [-0.15, -0.1) is 0 Å². The number of rotatable bonds is 3. The quantitative estimate of drug-likeness (QED) is 0.778. The van der Waals surface area contributed by atoms with Crippen LogP contribution in [0.15, 0.2) is 12.1 Å². The molecule has 0 bridgehead atoms. The smallest absolute Gasteiger partial charge is 0.417 e. The van der Waals surface area contributed by atoms with E-state index in [1.165, 1.54) is 19.2 Å². The van der Waals surface area contributed by atoms with Gasteiger partial charge in [0.25, 0.3) is 0 Å². The van der Waals surface area contributed by atoms with Crippen molar-refractivity contribution in [1.29, 1.82) is 0 Å². The van der Waals surface area contributed by atoms with E-state index in [0.717, 1.165) is 6.92 Å². The minimum absolute atomic E-state index is 0.0544. The minimum Gasteiger partial charge on any atom is -0.496 e. The first-order chi connectivity index (χ1) is 9.73. The van der Waals surface area contributed by atoms with Crippen molar-refractivity contribution in [3.05, 3.63) is 29.1 Å². The van der Waals surface area contributed by atoms with Crippen molar-refractivity contribution in [2.75, 3.05) is 13.7 Å². The summed E-state index contributed by atoms with van der Waals surface area (Å²) in [7, 11) is 1.40. The normalized spacial score (nSPS) is 26.1. The lowest BCUT2D eigenvalue weighted by atomic mass is 9.88. The zero-order valence-corrected chi connectivity index (χ0v) is 12.2. The molecule has 118 valence electrons. The third kappa shape index (κ3) is 2.73. The van der Waals surface area contributed by atoms with E-state index >= 15 is 0 Å². The molecule has 2 nitrogen and oxygen atoms in total. The number of halogens is 4. The van der Waals surface area contributed by atoms with Crippen LogP contribution in [-0.2, 0) is 11.2 Å². The molecule has 0 unspecified atom stereocenters. The van der Waals surface area contributed by atoms with Crippen LogP contribution in [0.25, 0.3) is 0 Å². The number of hydrogen-bond acceptors (Lipinski definition) is 2. The number of hydrogen-bond donors (Lipinski definition) is 0. The Morgan fingerprint density at radius 2 is 2.05 bits per heavy atom. The maximum atomic E-state index is 13.8. The maximum absolute atomic E-state index is 13.8. The van der Waals surface area contributed by atoms with E-state index in [0.29, 0.717) is 23.3 Å². The summed E-state index contributed by atoms with van der Waals surface area (Å²) in [5.74, 6) is -0.536. The van der Waals surface area contributed by atoms with Crippen molar-refractivity contribution in [3.63, 3.8) is 0 Å². The van der Waals surface area contributed by atoms with Gasteiger partial charge in [-0.3, -0.25) is 0 Å². The Hall–Kier alpha value is -1.30. The first-order valence-corrected chi connectivity index (χ1v) is 6.79. The molecule has 21 heavy (non-hydrogen) atoms. The fraction of sp³-hybridized carbons (Fsp3) is 0.600. The summed E-state index contributed by atoms with van der Waals surface area (Å²) in [5.41, 5.74) is -1.21. The van der Waals surface area contributed by atoms with Gasteiger partial charge in [-0.25, -0.2) is 4.39 Å². The van der Waals surface area contributed by atoms with Gasteiger partial charge in [0.05, 0.1) is 13.7 Å². The molecule has 2 atom stereocenters. The Bertz CT molecular complexity index is 527. The highest BCUT2D eigenvalue weighted by atomic mass is 19.4. The monoisotopic (exact) mass is 306 g/mol. The zero-order valence-electron chi connectivity index (χ0n) is 12.2. The van der Waals surface area contributed by atoms with Gasteiger partial charge in [0.1, 0.15) is 11.6 Å². The number of methoxy groups -OCH3 is 1. The molecular weight excluding hydrogens is 288 g/mol. The second kappa shape index (κ2) is 5.48. The molecule has 1 saturated heterocycles. The third-order valence-electron chi connectivity index (χ3n) is 4.07. The summed E-state index contributed by atoms with van der Waals surface area (Å²) < 4.78 is 63.0. The van der Waals surface area contributed by atoms with Crippen LogP contribution >= 0.6 is 0 Å². The van der Waals surface area contributed by atoms with Gasteiger partial charge < -0.3 is 9.47 Å². The molecule has 1 aliphatic rings. The van der Waals surface area contributed by atoms with Crippen molar-refractivity contribution < 1.29 is 27.0 Å². The molecule has 0 amide bonds. The first kappa shape index (κ1) is 16.1. The topological polar surface area (TPSA) is 18.5 Å². The molecule has 0 saturated carbocycles. The molecule has 6 heteroatoms. The highest BCUT2D eigenvalue weighted by molar-refractivity contribution is 5.45. The summed E-state index contributed by atoms with van der Waals surface area (Å²) in [6.07, 6.45) is -4.21. The van der Waals surface area contributed by atoms with Crippen LogP contribution < -0.4 is 4.74 Å². The van der Waals surface area contributed by atoms with E-state index in [-0.39, 0.29) is 13.0 Å². The molecule has 2 rings (SSSR count). The Balaban J connectivity index is 2.37. The molecule has 1 heterocycles. The van der Waals surface area contributed by atoms with Crippen LogP contribution in [0.2, 0.25) is 0 Å². The number of ether oxygens (including phenoxy) is 2. The van der Waals surface area contributed by atoms with Crippen LogP contribution in [0, 0.1) is 5.82 Å². The third-order valence-corrected chi connectivity index (χ3v) is 4.07. The Morgan fingerprint density at radius 3 is 2.52 bits per heavy atom. The second-order valence-corrected chi connectivity index (χ2v) is 5.44. The van der Waals surface area contributed by atoms with E-state index in [1.807, 2.05) is 0 Å². The van der Waals surface area contributed by atoms with Gasteiger partial charge in [-0.2, -0.15) is 13.2 Å². The molecule has 0 radical (unpaired) electrons. The highest BCUT2D eigenvalue weighted by Crippen LogP contribution is 2.48. The van der Waals surface area contributed by atoms with E-state index in [9.17, 15) is 17.6 Å². The van der Waals surface area contributed by atoms with Crippen LogP contribution in [0.5, 0.6) is 5.75 Å².